The number of aromatic nitrogens is 1. The summed E-state index contributed by atoms with van der Waals surface area (Å²) in [6.45, 7) is 1.55. The first-order chi connectivity index (χ1) is 12.7. The number of carbonyl (C=O) groups is 2. The summed E-state index contributed by atoms with van der Waals surface area (Å²) >= 11 is 1.51. The van der Waals surface area contributed by atoms with Gasteiger partial charge in [-0.05, 0) is 25.3 Å². The maximum atomic E-state index is 12.8. The molecule has 1 unspecified atom stereocenters. The van der Waals surface area contributed by atoms with Crippen LogP contribution in [-0.2, 0) is 16.0 Å². The summed E-state index contributed by atoms with van der Waals surface area (Å²) in [7, 11) is 0. The Morgan fingerprint density at radius 1 is 1.36 bits per heavy atom. The van der Waals surface area contributed by atoms with Crippen LogP contribution in [0.5, 0.6) is 0 Å². The van der Waals surface area contributed by atoms with Crippen molar-refractivity contribution in [2.75, 3.05) is 19.6 Å². The molecule has 2 amide bonds. The van der Waals surface area contributed by atoms with Gasteiger partial charge in [0.25, 0.3) is 0 Å². The van der Waals surface area contributed by atoms with E-state index in [-0.39, 0.29) is 49.1 Å². The third-order valence-electron chi connectivity index (χ3n) is 4.51. The average molecular weight is 449 g/mol. The fourth-order valence-electron chi connectivity index (χ4n) is 3.16. The first-order valence-electron chi connectivity index (χ1n) is 8.90. The van der Waals surface area contributed by atoms with Crippen LogP contribution in [0.4, 0.5) is 0 Å². The molecule has 10 heteroatoms. The molecule has 1 aliphatic rings. The normalized spacial score (nSPS) is 16.0. The van der Waals surface area contributed by atoms with Crippen molar-refractivity contribution in [3.05, 3.63) is 29.7 Å². The molecule has 0 aliphatic carbocycles. The Morgan fingerprint density at radius 2 is 2.18 bits per heavy atom. The second-order valence-corrected chi connectivity index (χ2v) is 7.27. The van der Waals surface area contributed by atoms with E-state index in [1.807, 2.05) is 16.3 Å². The predicted molar refractivity (Wildman–Crippen MR) is 114 cm³/mol. The van der Waals surface area contributed by atoms with E-state index in [4.69, 9.17) is 10.2 Å². The Bertz CT molecular complexity index is 739. The number of hydrogen-bond acceptors (Lipinski definition) is 6. The molecule has 156 valence electrons. The van der Waals surface area contributed by atoms with Gasteiger partial charge >= 0.3 is 0 Å². The van der Waals surface area contributed by atoms with Crippen LogP contribution in [0.2, 0.25) is 0 Å². The Hall–Kier alpha value is -1.61. The largest absolute Gasteiger partial charge is 0.472 e. The van der Waals surface area contributed by atoms with Crippen LogP contribution in [0, 0.1) is 0 Å². The topological polar surface area (TPSA) is 101 Å². The lowest BCUT2D eigenvalue weighted by Crippen LogP contribution is -2.50. The van der Waals surface area contributed by atoms with Gasteiger partial charge in [-0.1, -0.05) is 0 Å². The van der Waals surface area contributed by atoms with Crippen molar-refractivity contribution < 1.29 is 14.0 Å². The highest BCUT2D eigenvalue weighted by Crippen LogP contribution is 2.25. The summed E-state index contributed by atoms with van der Waals surface area (Å²) in [5.41, 5.74) is 7.09. The molecule has 0 spiro atoms. The third-order valence-corrected chi connectivity index (χ3v) is 5.45. The lowest BCUT2D eigenvalue weighted by Gasteiger charge is -2.36. The third kappa shape index (κ3) is 6.48. The van der Waals surface area contributed by atoms with Crippen LogP contribution in [-0.4, -0.2) is 47.4 Å². The first-order valence-corrected chi connectivity index (χ1v) is 9.78. The number of furan rings is 1. The van der Waals surface area contributed by atoms with Gasteiger partial charge in [0.15, 0.2) is 0 Å². The van der Waals surface area contributed by atoms with E-state index in [0.29, 0.717) is 19.5 Å². The number of carbonyl (C=O) groups excluding carboxylic acids is 2. The Morgan fingerprint density at radius 3 is 2.89 bits per heavy atom. The summed E-state index contributed by atoms with van der Waals surface area (Å²) < 4.78 is 5.08. The zero-order valence-electron chi connectivity index (χ0n) is 15.5. The van der Waals surface area contributed by atoms with Crippen LogP contribution in [0.15, 0.2) is 28.4 Å². The fourth-order valence-corrected chi connectivity index (χ4v) is 3.96. The number of nitrogens with two attached hydrogens (primary N) is 1. The number of piperidine rings is 1. The highest BCUT2D eigenvalue weighted by Gasteiger charge is 2.27. The van der Waals surface area contributed by atoms with E-state index in [9.17, 15) is 9.59 Å². The molecule has 0 aromatic carbocycles. The van der Waals surface area contributed by atoms with Crippen LogP contribution in [0.25, 0.3) is 10.6 Å². The zero-order chi connectivity index (χ0) is 18.4. The SMILES string of the molecule is Cl.Cl.NCCC(=O)NCC1CCCCN1C(=O)Cc1csc(-c2ccoc2)n1. The minimum Gasteiger partial charge on any atom is -0.472 e. The number of likely N-dealkylation sites (tertiary alicyclic amines) is 1. The molecule has 28 heavy (non-hydrogen) atoms. The molecule has 0 saturated carbocycles. The van der Waals surface area contributed by atoms with Crippen molar-refractivity contribution in [3.63, 3.8) is 0 Å². The Balaban J connectivity index is 0.00000196. The number of halogens is 2. The molecule has 2 aromatic rings. The summed E-state index contributed by atoms with van der Waals surface area (Å²) in [5, 5.41) is 5.66. The minimum absolute atomic E-state index is 0. The van der Waals surface area contributed by atoms with Crippen molar-refractivity contribution in [2.45, 2.75) is 38.1 Å². The Labute approximate surface area is 180 Å². The summed E-state index contributed by atoms with van der Waals surface area (Å²) in [6, 6.07) is 1.90. The van der Waals surface area contributed by atoms with Crippen LogP contribution >= 0.6 is 36.2 Å². The molecule has 1 atom stereocenters. The van der Waals surface area contributed by atoms with Gasteiger partial charge in [0.1, 0.15) is 11.3 Å². The molecule has 3 heterocycles. The van der Waals surface area contributed by atoms with Crippen LogP contribution in [0.3, 0.4) is 0 Å². The van der Waals surface area contributed by atoms with Crippen molar-refractivity contribution >= 4 is 48.0 Å². The second-order valence-electron chi connectivity index (χ2n) is 6.41. The molecule has 1 saturated heterocycles. The number of nitrogens with one attached hydrogen (secondary N) is 1. The van der Waals surface area contributed by atoms with E-state index in [0.717, 1.165) is 42.1 Å². The highest BCUT2D eigenvalue weighted by molar-refractivity contribution is 7.13. The van der Waals surface area contributed by atoms with Gasteiger partial charge in [-0.2, -0.15) is 0 Å². The van der Waals surface area contributed by atoms with E-state index in [1.165, 1.54) is 11.3 Å². The number of hydrogen-bond donors (Lipinski definition) is 2. The predicted octanol–water partition coefficient (Wildman–Crippen LogP) is 2.64. The van der Waals surface area contributed by atoms with E-state index < -0.39 is 0 Å². The van der Waals surface area contributed by atoms with Gasteiger partial charge in [0, 0.05) is 43.0 Å². The maximum absolute atomic E-state index is 12.8. The van der Waals surface area contributed by atoms with Crippen molar-refractivity contribution in [1.29, 1.82) is 0 Å². The standard InChI is InChI=1S/C18H24N4O3S.2ClH/c19-6-4-16(23)20-10-15-3-1-2-7-22(15)17(24)9-14-12-26-18(21-14)13-5-8-25-11-13;;/h5,8,11-12,15H,1-4,6-7,9-10,19H2,(H,20,23);2*1H. The average Bonchev–Trinajstić information content (AvgIpc) is 3.32. The first kappa shape index (κ1) is 24.4. The van der Waals surface area contributed by atoms with E-state index in [1.54, 1.807) is 12.5 Å². The molecular formula is C18H26Cl2N4O3S. The molecule has 3 N–H and O–H groups in total. The van der Waals surface area contributed by atoms with Gasteiger partial charge in [0.2, 0.25) is 11.8 Å². The number of nitrogens with zero attached hydrogens (tertiary/aromatic N) is 2. The van der Waals surface area contributed by atoms with Crippen molar-refractivity contribution in [3.8, 4) is 10.6 Å². The maximum Gasteiger partial charge on any atom is 0.228 e. The second kappa shape index (κ2) is 12.1. The smallest absolute Gasteiger partial charge is 0.228 e. The Kier molecular flexibility index (Phi) is 10.5. The highest BCUT2D eigenvalue weighted by atomic mass is 35.5. The minimum atomic E-state index is -0.0604. The molecule has 0 bridgehead atoms. The van der Waals surface area contributed by atoms with Crippen LogP contribution in [0.1, 0.15) is 31.4 Å². The summed E-state index contributed by atoms with van der Waals surface area (Å²) in [4.78, 5) is 30.9. The molecule has 3 rings (SSSR count). The van der Waals surface area contributed by atoms with Crippen LogP contribution < -0.4 is 11.1 Å². The molecule has 1 aliphatic heterocycles. The fraction of sp³-hybridized carbons (Fsp3) is 0.500. The summed E-state index contributed by atoms with van der Waals surface area (Å²) in [6.07, 6.45) is 6.83. The van der Waals surface area contributed by atoms with Gasteiger partial charge < -0.3 is 20.4 Å². The lowest BCUT2D eigenvalue weighted by molar-refractivity contribution is -0.134. The quantitative estimate of drug-likeness (QED) is 0.677. The number of thiazole rings is 1. The molecule has 7 nitrogen and oxygen atoms in total. The lowest BCUT2D eigenvalue weighted by atomic mass is 10.0. The monoisotopic (exact) mass is 448 g/mol. The van der Waals surface area contributed by atoms with Gasteiger partial charge in [-0.15, -0.1) is 36.2 Å². The zero-order valence-corrected chi connectivity index (χ0v) is 17.9. The molecule has 2 aromatic heterocycles. The number of rotatable bonds is 7. The van der Waals surface area contributed by atoms with Gasteiger partial charge in [-0.25, -0.2) is 4.98 Å². The van der Waals surface area contributed by atoms with E-state index in [2.05, 4.69) is 10.3 Å². The molecular weight excluding hydrogens is 423 g/mol. The van der Waals surface area contributed by atoms with E-state index >= 15 is 0 Å². The molecule has 1 fully saturated rings. The van der Waals surface area contributed by atoms with Gasteiger partial charge in [0.05, 0.1) is 18.4 Å². The van der Waals surface area contributed by atoms with Gasteiger partial charge in [-0.3, -0.25) is 9.59 Å². The van der Waals surface area contributed by atoms with Crippen molar-refractivity contribution in [2.24, 2.45) is 5.73 Å². The molecule has 0 radical (unpaired) electrons. The summed E-state index contributed by atoms with van der Waals surface area (Å²) in [5.74, 6) is 0.00143. The number of amides is 2. The van der Waals surface area contributed by atoms with Crippen molar-refractivity contribution in [1.82, 2.24) is 15.2 Å².